The van der Waals surface area contributed by atoms with E-state index in [1.54, 1.807) is 16.8 Å². The fourth-order valence-corrected chi connectivity index (χ4v) is 13.6. The topological polar surface area (TPSA) is 151 Å². The average molecular weight is 745 g/mol. The number of imidazole rings is 2. The van der Waals surface area contributed by atoms with Crippen molar-refractivity contribution in [1.29, 1.82) is 0 Å². The minimum Gasteiger partial charge on any atom is -0.392 e. The van der Waals surface area contributed by atoms with E-state index in [4.69, 9.17) is 0 Å². The summed E-state index contributed by atoms with van der Waals surface area (Å²) >= 11 is 0. The Balaban J connectivity index is 0.839. The molecule has 0 unspecified atom stereocenters. The van der Waals surface area contributed by atoms with Gasteiger partial charge in [-0.3, -0.25) is 0 Å². The molecule has 2 aliphatic carbocycles. The average Bonchev–Trinajstić information content (AvgIpc) is 3.92. The van der Waals surface area contributed by atoms with Gasteiger partial charge in [-0.2, -0.15) is 0 Å². The van der Waals surface area contributed by atoms with E-state index in [2.05, 4.69) is 31.2 Å². The SMILES string of the molecule is CS(=O)(=O)N1CCC2(CC1)C[C@@H]([C@@H]1c3cccc(CS(=O)(=O)N4CCC5(CC4)C[C@H]([C@H]4c6ccccc6-c6cncn64)[C@H]5O)c3-c3cncn31)[C@@H]2O. The molecule has 2 aromatic heterocycles. The Kier molecular flexibility index (Phi) is 7.22. The first-order valence-electron chi connectivity index (χ1n) is 18.5. The third kappa shape index (κ3) is 4.63. The number of rotatable bonds is 6. The number of benzene rings is 2. The molecule has 2 N–H and O–H groups in total. The zero-order chi connectivity index (χ0) is 35.8. The van der Waals surface area contributed by atoms with Crippen molar-refractivity contribution >= 4 is 20.0 Å². The molecule has 14 heteroatoms. The molecule has 2 saturated heterocycles. The molecular weight excluding hydrogens is 701 g/mol. The molecule has 12 nitrogen and oxygen atoms in total. The number of aromatic nitrogens is 4. The number of nitrogens with zero attached hydrogens (tertiary/aromatic N) is 6. The van der Waals surface area contributed by atoms with E-state index in [1.807, 2.05) is 42.9 Å². The van der Waals surface area contributed by atoms with Gasteiger partial charge in [-0.25, -0.2) is 35.4 Å². The fraction of sp³-hybridized carbons (Fsp3) is 0.526. The minimum absolute atomic E-state index is 0.0352. The van der Waals surface area contributed by atoms with Gasteiger partial charge < -0.3 is 19.3 Å². The van der Waals surface area contributed by atoms with Crippen LogP contribution in [0.15, 0.2) is 67.5 Å². The Labute approximate surface area is 304 Å². The number of fused-ring (bicyclic) bond motifs is 6. The maximum Gasteiger partial charge on any atom is 0.218 e. The molecule has 10 rings (SSSR count). The van der Waals surface area contributed by atoms with E-state index < -0.39 is 32.3 Å². The zero-order valence-electron chi connectivity index (χ0n) is 29.1. The maximum atomic E-state index is 14.1. The van der Waals surface area contributed by atoms with Crippen molar-refractivity contribution in [2.45, 2.75) is 68.6 Å². The summed E-state index contributed by atoms with van der Waals surface area (Å²) < 4.78 is 59.8. The lowest BCUT2D eigenvalue weighted by Gasteiger charge is -2.57. The van der Waals surface area contributed by atoms with E-state index >= 15 is 0 Å². The highest BCUT2D eigenvalue weighted by Crippen LogP contribution is 2.61. The summed E-state index contributed by atoms with van der Waals surface area (Å²) in [6.45, 7) is 1.60. The van der Waals surface area contributed by atoms with Crippen molar-refractivity contribution in [3.05, 3.63) is 84.2 Å². The summed E-state index contributed by atoms with van der Waals surface area (Å²) in [5.74, 6) is -0.166. The van der Waals surface area contributed by atoms with Crippen LogP contribution in [0.2, 0.25) is 0 Å². The maximum absolute atomic E-state index is 14.1. The van der Waals surface area contributed by atoms with Crippen molar-refractivity contribution in [1.82, 2.24) is 27.7 Å². The lowest BCUT2D eigenvalue weighted by atomic mass is 9.53. The van der Waals surface area contributed by atoms with E-state index in [-0.39, 0.29) is 40.5 Å². The zero-order valence-corrected chi connectivity index (χ0v) is 30.8. The van der Waals surface area contributed by atoms with Crippen LogP contribution in [0.25, 0.3) is 22.5 Å². The molecule has 6 atom stereocenters. The van der Waals surface area contributed by atoms with Crippen LogP contribution in [0, 0.1) is 22.7 Å². The quantitative estimate of drug-likeness (QED) is 0.304. The summed E-state index contributed by atoms with van der Waals surface area (Å²) in [4.78, 5) is 8.83. The standard InChI is InChI=1S/C38H44N6O6S2/c1-51(47,48)41-13-9-37(10-14-41)18-29(36(37)46)34-27-8-4-5-24(32(27)31-20-40-23-44(31)34)21-52(49,50)42-15-11-38(12-16-42)17-28(35(38)45)33-26-7-3-2-6-25(26)30-19-39-22-43(30)33/h2-8,19-20,22-23,28-29,33-36,45-46H,9-18,21H2,1H3/t28-,29+,33-,34+,35-,36+/m1/s1. The Hall–Kier alpha value is -3.40. The summed E-state index contributed by atoms with van der Waals surface area (Å²) in [5, 5.41) is 23.4. The van der Waals surface area contributed by atoms with Crippen LogP contribution < -0.4 is 0 Å². The highest BCUT2D eigenvalue weighted by Gasteiger charge is 2.60. The molecule has 2 saturated carbocycles. The smallest absolute Gasteiger partial charge is 0.218 e. The van der Waals surface area contributed by atoms with Gasteiger partial charge in [-0.1, -0.05) is 42.5 Å². The fourth-order valence-electron chi connectivity index (χ4n) is 11.2. The molecule has 0 bridgehead atoms. The van der Waals surface area contributed by atoms with Gasteiger partial charge in [0.15, 0.2) is 0 Å². The van der Waals surface area contributed by atoms with Gasteiger partial charge in [0.05, 0.1) is 72.7 Å². The second-order valence-corrected chi connectivity index (χ2v) is 20.3. The van der Waals surface area contributed by atoms with Gasteiger partial charge in [0.25, 0.3) is 0 Å². The highest BCUT2D eigenvalue weighted by atomic mass is 32.2. The van der Waals surface area contributed by atoms with Gasteiger partial charge in [0.2, 0.25) is 20.0 Å². The van der Waals surface area contributed by atoms with Gasteiger partial charge in [-0.15, -0.1) is 0 Å². The first-order chi connectivity index (χ1) is 24.9. The molecule has 0 radical (unpaired) electrons. The van der Waals surface area contributed by atoms with E-state index in [9.17, 15) is 27.0 Å². The van der Waals surface area contributed by atoms with Crippen molar-refractivity contribution in [2.24, 2.45) is 22.7 Å². The predicted octanol–water partition coefficient (Wildman–Crippen LogP) is 3.63. The summed E-state index contributed by atoms with van der Waals surface area (Å²) in [6.07, 6.45) is 11.6. The second kappa shape index (κ2) is 11.3. The van der Waals surface area contributed by atoms with Crippen LogP contribution in [0.5, 0.6) is 0 Å². The number of hydrogen-bond acceptors (Lipinski definition) is 8. The second-order valence-electron chi connectivity index (χ2n) is 16.4. The van der Waals surface area contributed by atoms with Crippen molar-refractivity contribution in [2.75, 3.05) is 32.4 Å². The van der Waals surface area contributed by atoms with Gasteiger partial charge in [0, 0.05) is 49.1 Å². The van der Waals surface area contributed by atoms with Gasteiger partial charge in [-0.05, 0) is 66.0 Å². The molecule has 52 heavy (non-hydrogen) atoms. The van der Waals surface area contributed by atoms with Crippen LogP contribution in [-0.4, -0.2) is 99.4 Å². The number of hydrogen-bond donors (Lipinski definition) is 2. The van der Waals surface area contributed by atoms with Crippen LogP contribution >= 0.6 is 0 Å². The molecule has 4 aliphatic heterocycles. The molecule has 6 aliphatic rings. The van der Waals surface area contributed by atoms with Crippen LogP contribution in [0.1, 0.15) is 67.3 Å². The molecular formula is C38H44N6O6S2. The molecule has 0 amide bonds. The normalized spacial score (nSPS) is 30.4. The summed E-state index contributed by atoms with van der Waals surface area (Å²) in [5.41, 5.74) is 6.36. The lowest BCUT2D eigenvalue weighted by Crippen LogP contribution is -2.59. The summed E-state index contributed by atoms with van der Waals surface area (Å²) in [7, 11) is -6.93. The van der Waals surface area contributed by atoms with Crippen molar-refractivity contribution in [3.8, 4) is 22.5 Å². The van der Waals surface area contributed by atoms with Crippen LogP contribution in [0.4, 0.5) is 0 Å². The third-order valence-electron chi connectivity index (χ3n) is 14.0. The lowest BCUT2D eigenvalue weighted by molar-refractivity contribution is -0.152. The number of aliphatic hydroxyl groups excluding tert-OH is 2. The Bertz CT molecular complexity index is 2300. The Morgan fingerprint density at radius 3 is 1.87 bits per heavy atom. The highest BCUT2D eigenvalue weighted by molar-refractivity contribution is 7.88. The van der Waals surface area contributed by atoms with Gasteiger partial charge in [0.1, 0.15) is 0 Å². The molecule has 2 spiro atoms. The minimum atomic E-state index is -3.67. The van der Waals surface area contributed by atoms with Crippen molar-refractivity contribution < 1.29 is 27.0 Å². The molecule has 6 heterocycles. The first-order valence-corrected chi connectivity index (χ1v) is 21.9. The third-order valence-corrected chi connectivity index (χ3v) is 17.2. The van der Waals surface area contributed by atoms with E-state index in [1.165, 1.54) is 21.7 Å². The first kappa shape index (κ1) is 33.2. The number of aliphatic hydroxyl groups is 2. The van der Waals surface area contributed by atoms with Crippen LogP contribution in [-0.2, 0) is 25.8 Å². The monoisotopic (exact) mass is 744 g/mol. The van der Waals surface area contributed by atoms with Crippen molar-refractivity contribution in [3.63, 3.8) is 0 Å². The number of sulfonamides is 2. The largest absolute Gasteiger partial charge is 0.392 e. The molecule has 4 aromatic rings. The summed E-state index contributed by atoms with van der Waals surface area (Å²) in [6, 6.07) is 14.1. The van der Waals surface area contributed by atoms with E-state index in [0.717, 1.165) is 40.9 Å². The van der Waals surface area contributed by atoms with Gasteiger partial charge >= 0.3 is 0 Å². The predicted molar refractivity (Wildman–Crippen MR) is 194 cm³/mol. The number of piperidine rings is 2. The molecule has 2 aromatic carbocycles. The van der Waals surface area contributed by atoms with Crippen LogP contribution in [0.3, 0.4) is 0 Å². The molecule has 274 valence electrons. The molecule has 4 fully saturated rings. The Morgan fingerprint density at radius 2 is 1.25 bits per heavy atom. The Morgan fingerprint density at radius 1 is 0.712 bits per heavy atom. The van der Waals surface area contributed by atoms with E-state index in [0.29, 0.717) is 51.9 Å².